The molecule has 2 aromatic rings. The number of sulfonamides is 1. The van der Waals surface area contributed by atoms with E-state index in [1.165, 1.54) is 18.2 Å². The molecule has 1 aliphatic heterocycles. The molecule has 0 spiro atoms. The van der Waals surface area contributed by atoms with Crippen LogP contribution in [0.4, 0.5) is 30.6 Å². The highest BCUT2D eigenvalue weighted by Crippen LogP contribution is 2.34. The van der Waals surface area contributed by atoms with E-state index in [0.29, 0.717) is 49.6 Å². The molecule has 0 bridgehead atoms. The SMILES string of the molecule is COc1cc2c(cc1Nc1ncc(Cl)c(N[C@@H]3CCCC[C@H]3NS(C)(=O)=O)n1)CCN(CC(F)(F)F)CC2. The fourth-order valence-corrected chi connectivity index (χ4v) is 6.00. The first-order chi connectivity index (χ1) is 17.9. The number of nitrogens with one attached hydrogen (secondary N) is 3. The van der Waals surface area contributed by atoms with Crippen LogP contribution in [-0.4, -0.2) is 74.5 Å². The number of hydrogen-bond donors (Lipinski definition) is 3. The van der Waals surface area contributed by atoms with E-state index in [0.717, 1.165) is 36.6 Å². The number of rotatable bonds is 8. The molecule has 0 radical (unpaired) electrons. The number of aromatic nitrogens is 2. The van der Waals surface area contributed by atoms with Crippen molar-refractivity contribution in [3.63, 3.8) is 0 Å². The molecule has 9 nitrogen and oxygen atoms in total. The number of benzene rings is 1. The van der Waals surface area contributed by atoms with Gasteiger partial charge in [0.2, 0.25) is 16.0 Å². The Hall–Kier alpha value is -2.35. The van der Waals surface area contributed by atoms with E-state index in [2.05, 4.69) is 25.3 Å². The van der Waals surface area contributed by atoms with Crippen LogP contribution in [0, 0.1) is 0 Å². The van der Waals surface area contributed by atoms with Gasteiger partial charge in [-0.25, -0.2) is 18.1 Å². The van der Waals surface area contributed by atoms with Crippen LogP contribution in [0.25, 0.3) is 0 Å². The van der Waals surface area contributed by atoms with Gasteiger partial charge in [0.25, 0.3) is 0 Å². The first-order valence-corrected chi connectivity index (χ1v) is 14.7. The van der Waals surface area contributed by atoms with Crippen LogP contribution in [0.5, 0.6) is 5.75 Å². The molecule has 1 aliphatic carbocycles. The lowest BCUT2D eigenvalue weighted by Gasteiger charge is -2.32. The van der Waals surface area contributed by atoms with Crippen LogP contribution >= 0.6 is 11.6 Å². The van der Waals surface area contributed by atoms with Crippen molar-refractivity contribution in [1.82, 2.24) is 19.6 Å². The smallest absolute Gasteiger partial charge is 0.401 e. The molecule has 2 aliphatic rings. The first kappa shape index (κ1) is 28.7. The monoisotopic (exact) mass is 576 g/mol. The van der Waals surface area contributed by atoms with Crippen molar-refractivity contribution in [3.05, 3.63) is 34.5 Å². The van der Waals surface area contributed by atoms with Gasteiger partial charge in [-0.05, 0) is 48.9 Å². The van der Waals surface area contributed by atoms with E-state index in [1.807, 2.05) is 12.1 Å². The summed E-state index contributed by atoms with van der Waals surface area (Å²) in [5.74, 6) is 1.13. The molecule has 1 aromatic carbocycles. The van der Waals surface area contributed by atoms with Crippen LogP contribution in [0.2, 0.25) is 5.02 Å². The second-order valence-corrected chi connectivity index (χ2v) is 11.9. The van der Waals surface area contributed by atoms with Crippen molar-refractivity contribution in [2.24, 2.45) is 0 Å². The summed E-state index contributed by atoms with van der Waals surface area (Å²) in [6.07, 6.45) is 2.61. The zero-order valence-corrected chi connectivity index (χ0v) is 22.8. The van der Waals surface area contributed by atoms with Crippen LogP contribution in [0.15, 0.2) is 18.3 Å². The van der Waals surface area contributed by atoms with Crippen molar-refractivity contribution in [1.29, 1.82) is 0 Å². The first-order valence-electron chi connectivity index (χ1n) is 12.4. The Morgan fingerprint density at radius 1 is 1.13 bits per heavy atom. The van der Waals surface area contributed by atoms with Gasteiger partial charge in [-0.1, -0.05) is 24.4 Å². The molecule has 0 unspecified atom stereocenters. The van der Waals surface area contributed by atoms with E-state index >= 15 is 0 Å². The fourth-order valence-electron chi connectivity index (χ4n) is 5.02. The minimum atomic E-state index is -4.24. The fraction of sp³-hybridized carbons (Fsp3) is 0.583. The maximum atomic E-state index is 12.9. The predicted octanol–water partition coefficient (Wildman–Crippen LogP) is 4.12. The number of ether oxygens (including phenoxy) is 1. The van der Waals surface area contributed by atoms with Crippen LogP contribution < -0.4 is 20.1 Å². The topological polar surface area (TPSA) is 108 Å². The van der Waals surface area contributed by atoms with Crippen molar-refractivity contribution >= 4 is 39.1 Å². The lowest BCUT2D eigenvalue weighted by atomic mass is 9.91. The molecule has 0 saturated heterocycles. The Morgan fingerprint density at radius 3 is 2.42 bits per heavy atom. The highest BCUT2D eigenvalue weighted by Gasteiger charge is 2.32. The van der Waals surface area contributed by atoms with Gasteiger partial charge in [0.1, 0.15) is 10.8 Å². The van der Waals surface area contributed by atoms with Crippen LogP contribution in [0.3, 0.4) is 0 Å². The summed E-state index contributed by atoms with van der Waals surface area (Å²) in [6.45, 7) is -0.318. The quantitative estimate of drug-likeness (QED) is 0.431. The summed E-state index contributed by atoms with van der Waals surface area (Å²) in [5.41, 5.74) is 2.46. The Labute approximate surface area is 225 Å². The molecule has 1 saturated carbocycles. The number of nitrogens with zero attached hydrogens (tertiary/aromatic N) is 3. The van der Waals surface area contributed by atoms with Gasteiger partial charge in [0.15, 0.2) is 5.82 Å². The Morgan fingerprint density at radius 2 is 1.79 bits per heavy atom. The molecule has 4 rings (SSSR count). The second-order valence-electron chi connectivity index (χ2n) is 9.76. The minimum absolute atomic E-state index is 0.194. The van der Waals surface area contributed by atoms with E-state index in [-0.39, 0.29) is 23.1 Å². The molecule has 3 N–H and O–H groups in total. The molecule has 210 valence electrons. The Bertz CT molecular complexity index is 1250. The summed E-state index contributed by atoms with van der Waals surface area (Å²) in [6, 6.07) is 3.22. The molecule has 1 fully saturated rings. The normalized spacial score (nSPS) is 20.9. The summed E-state index contributed by atoms with van der Waals surface area (Å²) in [4.78, 5) is 10.2. The van der Waals surface area contributed by atoms with E-state index < -0.39 is 22.7 Å². The van der Waals surface area contributed by atoms with Crippen LogP contribution in [0.1, 0.15) is 36.8 Å². The van der Waals surface area contributed by atoms with Crippen molar-refractivity contribution in [2.45, 2.75) is 56.8 Å². The van der Waals surface area contributed by atoms with Crippen molar-refractivity contribution in [2.75, 3.05) is 43.6 Å². The third-order valence-electron chi connectivity index (χ3n) is 6.76. The second kappa shape index (κ2) is 11.8. The van der Waals surface area contributed by atoms with Gasteiger partial charge in [0, 0.05) is 25.2 Å². The van der Waals surface area contributed by atoms with E-state index in [4.69, 9.17) is 16.3 Å². The maximum Gasteiger partial charge on any atom is 0.401 e. The molecule has 38 heavy (non-hydrogen) atoms. The largest absolute Gasteiger partial charge is 0.495 e. The van der Waals surface area contributed by atoms with Gasteiger partial charge in [-0.2, -0.15) is 18.2 Å². The molecular weight excluding hydrogens is 545 g/mol. The zero-order chi connectivity index (χ0) is 27.5. The third kappa shape index (κ3) is 7.84. The Balaban J connectivity index is 1.52. The van der Waals surface area contributed by atoms with E-state index in [9.17, 15) is 21.6 Å². The molecule has 2 heterocycles. The average molecular weight is 577 g/mol. The molecule has 14 heteroatoms. The van der Waals surface area contributed by atoms with Crippen LogP contribution in [-0.2, 0) is 22.9 Å². The van der Waals surface area contributed by atoms with Crippen molar-refractivity contribution in [3.8, 4) is 5.75 Å². The van der Waals surface area contributed by atoms with Gasteiger partial charge < -0.3 is 15.4 Å². The Kier molecular flexibility index (Phi) is 8.90. The molecule has 0 amide bonds. The summed E-state index contributed by atoms with van der Waals surface area (Å²) in [5, 5.41) is 6.72. The molecule has 1 aromatic heterocycles. The molecular formula is C24H32ClF3N6O3S. The maximum absolute atomic E-state index is 12.9. The van der Waals surface area contributed by atoms with Gasteiger partial charge in [-0.15, -0.1) is 0 Å². The predicted molar refractivity (Wildman–Crippen MR) is 141 cm³/mol. The standard InChI is InChI=1S/C24H32ClF3N6O3S/c1-37-21-12-16-8-10-34(14-24(26,27)28)9-7-15(16)11-20(21)31-23-29-13-17(25)22(32-23)30-18-5-3-4-6-19(18)33-38(2,35)36/h11-13,18-19,33H,3-10,14H2,1-2H3,(H2,29,30,31,32)/t18-,19-/m1/s1. The van der Waals surface area contributed by atoms with Crippen molar-refractivity contribution < 1.29 is 26.3 Å². The highest BCUT2D eigenvalue weighted by atomic mass is 35.5. The van der Waals surface area contributed by atoms with E-state index in [1.54, 1.807) is 0 Å². The van der Waals surface area contributed by atoms with Gasteiger partial charge >= 0.3 is 6.18 Å². The number of methoxy groups -OCH3 is 1. The minimum Gasteiger partial charge on any atom is -0.495 e. The number of hydrogen-bond acceptors (Lipinski definition) is 8. The average Bonchev–Trinajstić information content (AvgIpc) is 3.01. The zero-order valence-electron chi connectivity index (χ0n) is 21.2. The highest BCUT2D eigenvalue weighted by molar-refractivity contribution is 7.88. The third-order valence-corrected chi connectivity index (χ3v) is 7.77. The summed E-state index contributed by atoms with van der Waals surface area (Å²) in [7, 11) is -1.86. The number of alkyl halides is 3. The summed E-state index contributed by atoms with van der Waals surface area (Å²) >= 11 is 6.37. The number of halogens is 4. The van der Waals surface area contributed by atoms with Gasteiger partial charge in [-0.3, -0.25) is 4.90 Å². The number of fused-ring (bicyclic) bond motifs is 1. The lowest BCUT2D eigenvalue weighted by Crippen LogP contribution is -2.48. The lowest BCUT2D eigenvalue weighted by molar-refractivity contribution is -0.145. The molecule has 2 atom stereocenters. The number of anilines is 3. The summed E-state index contributed by atoms with van der Waals surface area (Å²) < 4.78 is 70.6. The van der Waals surface area contributed by atoms with Gasteiger partial charge in [0.05, 0.1) is 31.8 Å².